The highest BCUT2D eigenvalue weighted by atomic mass is 16.5. The molecule has 0 saturated heterocycles. The van der Waals surface area contributed by atoms with Crippen molar-refractivity contribution in [1.82, 2.24) is 10.9 Å². The number of furan rings is 1. The maximum atomic E-state index is 11.7. The predicted molar refractivity (Wildman–Crippen MR) is 87.3 cm³/mol. The first-order chi connectivity index (χ1) is 11.6. The minimum Gasteiger partial charge on any atom is -0.493 e. The van der Waals surface area contributed by atoms with Gasteiger partial charge in [0.05, 0.1) is 7.11 Å². The average Bonchev–Trinajstić information content (AvgIpc) is 3.01. The molecule has 0 atom stereocenters. The van der Waals surface area contributed by atoms with E-state index >= 15 is 0 Å². The van der Waals surface area contributed by atoms with Gasteiger partial charge in [-0.05, 0) is 37.3 Å². The molecule has 0 fully saturated rings. The zero-order valence-electron chi connectivity index (χ0n) is 13.4. The molecule has 2 rings (SSSR count). The summed E-state index contributed by atoms with van der Waals surface area (Å²) in [6, 6.07) is 10.5. The fourth-order valence-corrected chi connectivity index (χ4v) is 1.79. The largest absolute Gasteiger partial charge is 0.493 e. The number of methoxy groups -OCH3 is 1. The Morgan fingerprint density at radius 3 is 2.54 bits per heavy atom. The van der Waals surface area contributed by atoms with E-state index in [0.717, 1.165) is 5.76 Å². The molecule has 0 unspecified atom stereocenters. The molecule has 0 radical (unpaired) electrons. The van der Waals surface area contributed by atoms with Gasteiger partial charge < -0.3 is 13.9 Å². The van der Waals surface area contributed by atoms with Crippen LogP contribution in [0.2, 0.25) is 0 Å². The molecule has 2 amide bonds. The number of aryl methyl sites for hydroxylation is 1. The number of benzene rings is 1. The Balaban J connectivity index is 1.74. The van der Waals surface area contributed by atoms with Crippen LogP contribution in [0.1, 0.15) is 11.5 Å². The van der Waals surface area contributed by atoms with E-state index in [-0.39, 0.29) is 6.61 Å². The van der Waals surface area contributed by atoms with E-state index in [4.69, 9.17) is 13.9 Å². The van der Waals surface area contributed by atoms with Crippen molar-refractivity contribution in [3.63, 3.8) is 0 Å². The van der Waals surface area contributed by atoms with E-state index in [0.29, 0.717) is 17.3 Å². The van der Waals surface area contributed by atoms with Gasteiger partial charge in [0.15, 0.2) is 18.1 Å². The number of amides is 2. The lowest BCUT2D eigenvalue weighted by Gasteiger charge is -2.10. The normalized spacial score (nSPS) is 10.4. The minimum atomic E-state index is -0.503. The molecule has 126 valence electrons. The van der Waals surface area contributed by atoms with Crippen molar-refractivity contribution in [1.29, 1.82) is 0 Å². The Bertz CT molecular complexity index is 736. The van der Waals surface area contributed by atoms with Gasteiger partial charge in [0, 0.05) is 6.08 Å². The standard InChI is InChI=1S/C17H18N2O5/c1-12-7-8-13(24-12)9-10-16(20)18-19-17(21)11-23-15-6-4-3-5-14(15)22-2/h3-10H,11H2,1-2H3,(H,18,20)(H,19,21). The van der Waals surface area contributed by atoms with E-state index in [2.05, 4.69) is 10.9 Å². The molecule has 1 heterocycles. The highest BCUT2D eigenvalue weighted by molar-refractivity contribution is 5.92. The van der Waals surface area contributed by atoms with Crippen LogP contribution in [0.15, 0.2) is 46.9 Å². The average molecular weight is 330 g/mol. The monoisotopic (exact) mass is 330 g/mol. The zero-order valence-corrected chi connectivity index (χ0v) is 13.4. The van der Waals surface area contributed by atoms with Crippen LogP contribution < -0.4 is 20.3 Å². The van der Waals surface area contributed by atoms with Crippen molar-refractivity contribution in [3.8, 4) is 11.5 Å². The maximum Gasteiger partial charge on any atom is 0.276 e. The van der Waals surface area contributed by atoms with Crippen LogP contribution in [0.5, 0.6) is 11.5 Å². The lowest BCUT2D eigenvalue weighted by atomic mass is 10.3. The number of hydrogen-bond donors (Lipinski definition) is 2. The molecule has 0 aliphatic carbocycles. The van der Waals surface area contributed by atoms with Gasteiger partial charge in [0.25, 0.3) is 11.8 Å². The van der Waals surface area contributed by atoms with Crippen LogP contribution in [0.25, 0.3) is 6.08 Å². The first-order valence-corrected chi connectivity index (χ1v) is 7.17. The Labute approximate surface area is 139 Å². The summed E-state index contributed by atoms with van der Waals surface area (Å²) in [4.78, 5) is 23.3. The summed E-state index contributed by atoms with van der Waals surface area (Å²) >= 11 is 0. The summed E-state index contributed by atoms with van der Waals surface area (Å²) in [5, 5.41) is 0. The van der Waals surface area contributed by atoms with Crippen molar-refractivity contribution < 1.29 is 23.5 Å². The second kappa shape index (κ2) is 8.42. The third kappa shape index (κ3) is 5.20. The number of para-hydroxylation sites is 2. The van der Waals surface area contributed by atoms with Crippen LogP contribution in [-0.2, 0) is 9.59 Å². The molecule has 24 heavy (non-hydrogen) atoms. The molecular weight excluding hydrogens is 312 g/mol. The molecular formula is C17H18N2O5. The Morgan fingerprint density at radius 2 is 1.88 bits per heavy atom. The number of nitrogens with one attached hydrogen (secondary N) is 2. The van der Waals surface area contributed by atoms with Crippen molar-refractivity contribution in [2.24, 2.45) is 0 Å². The third-order valence-corrected chi connectivity index (χ3v) is 2.91. The molecule has 0 bridgehead atoms. The first kappa shape index (κ1) is 17.1. The van der Waals surface area contributed by atoms with Crippen LogP contribution in [0, 0.1) is 6.92 Å². The number of ether oxygens (including phenoxy) is 2. The Kier molecular flexibility index (Phi) is 6.01. The van der Waals surface area contributed by atoms with Gasteiger partial charge in [-0.25, -0.2) is 0 Å². The minimum absolute atomic E-state index is 0.262. The molecule has 1 aromatic heterocycles. The highest BCUT2D eigenvalue weighted by Crippen LogP contribution is 2.25. The molecule has 1 aromatic carbocycles. The van der Waals surface area contributed by atoms with Gasteiger partial charge >= 0.3 is 0 Å². The van der Waals surface area contributed by atoms with Crippen LogP contribution in [-0.4, -0.2) is 25.5 Å². The number of carbonyl (C=O) groups is 2. The molecule has 7 nitrogen and oxygen atoms in total. The SMILES string of the molecule is COc1ccccc1OCC(=O)NNC(=O)C=Cc1ccc(C)o1. The van der Waals surface area contributed by atoms with Crippen molar-refractivity contribution in [3.05, 3.63) is 54.0 Å². The summed E-state index contributed by atoms with van der Waals surface area (Å²) in [6.07, 6.45) is 2.75. The van der Waals surface area contributed by atoms with Crippen molar-refractivity contribution >= 4 is 17.9 Å². The predicted octanol–water partition coefficient (Wildman–Crippen LogP) is 1.84. The van der Waals surface area contributed by atoms with Gasteiger partial charge in [-0.3, -0.25) is 20.4 Å². The lowest BCUT2D eigenvalue weighted by molar-refractivity contribution is -0.128. The number of hydrogen-bond acceptors (Lipinski definition) is 5. The Morgan fingerprint density at radius 1 is 1.12 bits per heavy atom. The van der Waals surface area contributed by atoms with Gasteiger partial charge in [-0.1, -0.05) is 12.1 Å². The highest BCUT2D eigenvalue weighted by Gasteiger charge is 2.07. The molecule has 0 saturated carbocycles. The molecule has 0 aliphatic heterocycles. The van der Waals surface area contributed by atoms with E-state index in [9.17, 15) is 9.59 Å². The number of rotatable bonds is 6. The topological polar surface area (TPSA) is 89.8 Å². The second-order valence-corrected chi connectivity index (χ2v) is 4.76. The van der Waals surface area contributed by atoms with Gasteiger partial charge in [0.2, 0.25) is 0 Å². The number of hydrazine groups is 1. The summed E-state index contributed by atoms with van der Waals surface area (Å²) in [6.45, 7) is 1.54. The molecule has 0 spiro atoms. The van der Waals surface area contributed by atoms with Crippen molar-refractivity contribution in [2.75, 3.05) is 13.7 Å². The van der Waals surface area contributed by atoms with Crippen LogP contribution in [0.3, 0.4) is 0 Å². The summed E-state index contributed by atoms with van der Waals surface area (Å²) in [5.74, 6) is 1.26. The Hall–Kier alpha value is -3.22. The maximum absolute atomic E-state index is 11.7. The fraction of sp³-hybridized carbons (Fsp3) is 0.176. The summed E-state index contributed by atoms with van der Waals surface area (Å²) < 4.78 is 15.7. The van der Waals surface area contributed by atoms with Gasteiger partial charge in [0.1, 0.15) is 11.5 Å². The molecule has 2 aromatic rings. The third-order valence-electron chi connectivity index (χ3n) is 2.91. The van der Waals surface area contributed by atoms with E-state index < -0.39 is 11.8 Å². The quantitative estimate of drug-likeness (QED) is 0.623. The van der Waals surface area contributed by atoms with Crippen LogP contribution in [0.4, 0.5) is 0 Å². The molecule has 0 aliphatic rings. The first-order valence-electron chi connectivity index (χ1n) is 7.17. The lowest BCUT2D eigenvalue weighted by Crippen LogP contribution is -2.43. The smallest absolute Gasteiger partial charge is 0.276 e. The van der Waals surface area contributed by atoms with Gasteiger partial charge in [-0.15, -0.1) is 0 Å². The van der Waals surface area contributed by atoms with E-state index in [1.165, 1.54) is 19.3 Å². The second-order valence-electron chi connectivity index (χ2n) is 4.76. The van der Waals surface area contributed by atoms with E-state index in [1.807, 2.05) is 0 Å². The summed E-state index contributed by atoms with van der Waals surface area (Å²) in [7, 11) is 1.51. The van der Waals surface area contributed by atoms with E-state index in [1.54, 1.807) is 43.3 Å². The van der Waals surface area contributed by atoms with Gasteiger partial charge in [-0.2, -0.15) is 0 Å². The van der Waals surface area contributed by atoms with Crippen molar-refractivity contribution in [2.45, 2.75) is 6.92 Å². The molecule has 7 heteroatoms. The number of carbonyl (C=O) groups excluding carboxylic acids is 2. The summed E-state index contributed by atoms with van der Waals surface area (Å²) in [5.41, 5.74) is 4.49. The molecule has 2 N–H and O–H groups in total. The fourth-order valence-electron chi connectivity index (χ4n) is 1.79. The van der Waals surface area contributed by atoms with Crippen LogP contribution >= 0.6 is 0 Å². The zero-order chi connectivity index (χ0) is 17.4.